The minimum absolute atomic E-state index is 0.00388. The van der Waals surface area contributed by atoms with Gasteiger partial charge < -0.3 is 19.6 Å². The van der Waals surface area contributed by atoms with Gasteiger partial charge in [-0.25, -0.2) is 4.79 Å². The molecule has 98 valence electrons. The van der Waals surface area contributed by atoms with Gasteiger partial charge in [0, 0.05) is 6.42 Å². The topological polar surface area (TPSA) is 64.6 Å². The first-order valence-electron chi connectivity index (χ1n) is 5.95. The van der Waals surface area contributed by atoms with Crippen molar-refractivity contribution in [3.63, 3.8) is 0 Å². The minimum atomic E-state index is -0.486. The van der Waals surface area contributed by atoms with Gasteiger partial charge in [0.25, 0.3) is 0 Å². The average Bonchev–Trinajstić information content (AvgIpc) is 2.18. The molecule has 17 heavy (non-hydrogen) atoms. The fourth-order valence-corrected chi connectivity index (χ4v) is 1.69. The highest BCUT2D eigenvalue weighted by molar-refractivity contribution is 5.68. The van der Waals surface area contributed by atoms with Gasteiger partial charge in [0.15, 0.2) is 0 Å². The van der Waals surface area contributed by atoms with Crippen molar-refractivity contribution in [3.05, 3.63) is 0 Å². The average molecular weight is 243 g/mol. The van der Waals surface area contributed by atoms with Crippen molar-refractivity contribution >= 4 is 12.4 Å². The van der Waals surface area contributed by atoms with Crippen LogP contribution >= 0.6 is 0 Å². The van der Waals surface area contributed by atoms with E-state index in [1.165, 1.54) is 0 Å². The molecule has 1 fully saturated rings. The molecule has 0 bridgehead atoms. The Hall–Kier alpha value is -1.10. The quantitative estimate of drug-likeness (QED) is 0.765. The first-order valence-corrected chi connectivity index (χ1v) is 5.95. The summed E-state index contributed by atoms with van der Waals surface area (Å²) in [5.74, 6) is 0. The van der Waals surface area contributed by atoms with Crippen LogP contribution in [0.3, 0.4) is 0 Å². The van der Waals surface area contributed by atoms with Crippen molar-refractivity contribution in [1.29, 1.82) is 0 Å². The van der Waals surface area contributed by atoms with Crippen LogP contribution in [0.2, 0.25) is 0 Å². The molecule has 0 spiro atoms. The van der Waals surface area contributed by atoms with Crippen LogP contribution in [0.1, 0.15) is 40.0 Å². The van der Waals surface area contributed by atoms with E-state index in [-0.39, 0.29) is 12.1 Å². The van der Waals surface area contributed by atoms with Crippen LogP contribution in [0.5, 0.6) is 0 Å². The van der Waals surface area contributed by atoms with Gasteiger partial charge in [-0.05, 0) is 33.6 Å². The third kappa shape index (κ3) is 5.68. The zero-order chi connectivity index (χ0) is 12.9. The number of hydrogen-bond donors (Lipinski definition) is 1. The van der Waals surface area contributed by atoms with Gasteiger partial charge >= 0.3 is 6.09 Å². The number of hydrogen-bond acceptors (Lipinski definition) is 4. The van der Waals surface area contributed by atoms with Crippen molar-refractivity contribution < 1.29 is 19.1 Å². The van der Waals surface area contributed by atoms with Gasteiger partial charge in [-0.1, -0.05) is 0 Å². The number of amides is 1. The second-order valence-electron chi connectivity index (χ2n) is 5.28. The molecule has 2 unspecified atom stereocenters. The van der Waals surface area contributed by atoms with Crippen LogP contribution in [0.4, 0.5) is 4.79 Å². The third-order valence-electron chi connectivity index (χ3n) is 2.45. The fourth-order valence-electron chi connectivity index (χ4n) is 1.69. The van der Waals surface area contributed by atoms with Gasteiger partial charge in [-0.3, -0.25) is 0 Å². The molecule has 1 aliphatic heterocycles. The summed E-state index contributed by atoms with van der Waals surface area (Å²) in [6.45, 7) is 5.91. The predicted molar refractivity (Wildman–Crippen MR) is 62.8 cm³/mol. The van der Waals surface area contributed by atoms with E-state index in [4.69, 9.17) is 9.47 Å². The van der Waals surface area contributed by atoms with E-state index in [0.29, 0.717) is 13.0 Å². The van der Waals surface area contributed by atoms with Crippen LogP contribution in [-0.2, 0) is 14.3 Å². The molecule has 0 aromatic heterocycles. The molecule has 1 aliphatic rings. The molecule has 0 saturated carbocycles. The summed E-state index contributed by atoms with van der Waals surface area (Å²) in [6.07, 6.45) is 2.49. The van der Waals surface area contributed by atoms with E-state index < -0.39 is 11.7 Å². The van der Waals surface area contributed by atoms with Crippen molar-refractivity contribution in [1.82, 2.24) is 5.32 Å². The molecule has 0 aliphatic carbocycles. The minimum Gasteiger partial charge on any atom is -0.444 e. The Labute approximate surface area is 102 Å². The molecule has 5 heteroatoms. The normalized spacial score (nSPS) is 25.1. The first-order chi connectivity index (χ1) is 7.90. The maximum absolute atomic E-state index is 11.5. The highest BCUT2D eigenvalue weighted by Gasteiger charge is 2.24. The van der Waals surface area contributed by atoms with E-state index in [1.54, 1.807) is 0 Å². The summed E-state index contributed by atoms with van der Waals surface area (Å²) in [6, 6.07) is -0.0206. The van der Waals surface area contributed by atoms with Gasteiger partial charge in [0.1, 0.15) is 11.9 Å². The Bertz CT molecular complexity index is 264. The second kappa shape index (κ2) is 6.00. The molecule has 1 heterocycles. The zero-order valence-electron chi connectivity index (χ0n) is 10.7. The van der Waals surface area contributed by atoms with Crippen LogP contribution in [0.25, 0.3) is 0 Å². The fraction of sp³-hybridized carbons (Fsp3) is 0.833. The van der Waals surface area contributed by atoms with Crippen LogP contribution in [0, 0.1) is 0 Å². The summed E-state index contributed by atoms with van der Waals surface area (Å²) in [7, 11) is 0. The van der Waals surface area contributed by atoms with E-state index in [1.807, 2.05) is 20.8 Å². The Balaban J connectivity index is 2.26. The van der Waals surface area contributed by atoms with Crippen LogP contribution in [-0.4, -0.2) is 36.7 Å². The Morgan fingerprint density at radius 1 is 1.47 bits per heavy atom. The van der Waals surface area contributed by atoms with Crippen LogP contribution in [0.15, 0.2) is 0 Å². The Morgan fingerprint density at radius 2 is 2.18 bits per heavy atom. The molecular weight excluding hydrogens is 222 g/mol. The number of carbonyl (C=O) groups is 2. The Morgan fingerprint density at radius 3 is 2.65 bits per heavy atom. The molecule has 1 N–H and O–H groups in total. The lowest BCUT2D eigenvalue weighted by atomic mass is 10.0. The molecular formula is C12H21NO4. The standard InChI is InChI=1S/C12H21NO4/c1-12(2,3)17-11(15)13-9-4-5-10(6-7-14)16-8-9/h7,9-10H,4-6,8H2,1-3H3,(H,13,15). The molecule has 0 aromatic rings. The second-order valence-corrected chi connectivity index (χ2v) is 5.28. The van der Waals surface area contributed by atoms with Crippen molar-refractivity contribution in [2.24, 2.45) is 0 Å². The summed E-state index contributed by atoms with van der Waals surface area (Å²) in [5, 5.41) is 2.76. The predicted octanol–water partition coefficient (Wildman–Crippen LogP) is 1.65. The molecule has 2 atom stereocenters. The summed E-state index contributed by atoms with van der Waals surface area (Å²) in [5.41, 5.74) is -0.486. The monoisotopic (exact) mass is 243 g/mol. The Kier molecular flexibility index (Phi) is 4.93. The lowest BCUT2D eigenvalue weighted by molar-refractivity contribution is -0.111. The lowest BCUT2D eigenvalue weighted by Gasteiger charge is -2.29. The molecule has 0 aromatic carbocycles. The SMILES string of the molecule is CC(C)(C)OC(=O)NC1CCC(CC=O)OC1. The van der Waals surface area contributed by atoms with E-state index >= 15 is 0 Å². The molecule has 1 rings (SSSR count). The zero-order valence-corrected chi connectivity index (χ0v) is 10.7. The maximum Gasteiger partial charge on any atom is 0.407 e. The van der Waals surface area contributed by atoms with Crippen molar-refractivity contribution in [2.45, 2.75) is 57.8 Å². The van der Waals surface area contributed by atoms with Crippen LogP contribution < -0.4 is 5.32 Å². The van der Waals surface area contributed by atoms with Gasteiger partial charge in [0.2, 0.25) is 0 Å². The number of aldehydes is 1. The number of ether oxygens (including phenoxy) is 2. The van der Waals surface area contributed by atoms with Gasteiger partial charge in [0.05, 0.1) is 18.8 Å². The number of nitrogens with one attached hydrogen (secondary N) is 1. The van der Waals surface area contributed by atoms with Gasteiger partial charge in [-0.15, -0.1) is 0 Å². The van der Waals surface area contributed by atoms with E-state index in [0.717, 1.165) is 19.1 Å². The highest BCUT2D eigenvalue weighted by atomic mass is 16.6. The molecule has 5 nitrogen and oxygen atoms in total. The van der Waals surface area contributed by atoms with Gasteiger partial charge in [-0.2, -0.15) is 0 Å². The van der Waals surface area contributed by atoms with E-state index in [9.17, 15) is 9.59 Å². The number of carbonyl (C=O) groups excluding carboxylic acids is 2. The molecule has 1 saturated heterocycles. The van der Waals surface area contributed by atoms with Crippen molar-refractivity contribution in [3.8, 4) is 0 Å². The summed E-state index contributed by atoms with van der Waals surface area (Å²) in [4.78, 5) is 21.8. The summed E-state index contributed by atoms with van der Waals surface area (Å²) >= 11 is 0. The number of alkyl carbamates (subject to hydrolysis) is 1. The maximum atomic E-state index is 11.5. The number of rotatable bonds is 3. The first kappa shape index (κ1) is 14.0. The molecule has 1 amide bonds. The highest BCUT2D eigenvalue weighted by Crippen LogP contribution is 2.16. The van der Waals surface area contributed by atoms with Crippen molar-refractivity contribution in [2.75, 3.05) is 6.61 Å². The molecule has 0 radical (unpaired) electrons. The third-order valence-corrected chi connectivity index (χ3v) is 2.45. The lowest BCUT2D eigenvalue weighted by Crippen LogP contribution is -2.44. The summed E-state index contributed by atoms with van der Waals surface area (Å²) < 4.78 is 10.6. The van der Waals surface area contributed by atoms with E-state index in [2.05, 4.69) is 5.32 Å². The smallest absolute Gasteiger partial charge is 0.407 e. The largest absolute Gasteiger partial charge is 0.444 e.